The Morgan fingerprint density at radius 1 is 0.957 bits per heavy atom. The predicted octanol–water partition coefficient (Wildman–Crippen LogP) is 4.05. The van der Waals surface area contributed by atoms with Gasteiger partial charge in [-0.2, -0.15) is 9.97 Å². The first-order chi connectivity index (χ1) is 11.3. The molecule has 4 aromatic rings. The fraction of sp³-hybridized carbons (Fsp3) is 0.118. The number of nitrogens with one attached hydrogen (secondary N) is 1. The lowest BCUT2D eigenvalue weighted by molar-refractivity contribution is 0.419. The summed E-state index contributed by atoms with van der Waals surface area (Å²) in [6.45, 7) is 1.93. The highest BCUT2D eigenvalue weighted by Gasteiger charge is 2.17. The summed E-state index contributed by atoms with van der Waals surface area (Å²) in [6, 6.07) is 17.5. The lowest BCUT2D eigenvalue weighted by Gasteiger charge is -2.06. The summed E-state index contributed by atoms with van der Waals surface area (Å²) in [7, 11) is 0. The molecule has 0 aliphatic rings. The standard InChI is InChI=1S/C17H14N4O2/c1-11(18-17-19-13-9-5-6-10-14(13)22-17)15-20-16(23-21-15)12-7-3-2-4-8-12/h2-11H,1H3,(H,18,19). The molecule has 114 valence electrons. The van der Waals surface area contributed by atoms with Crippen LogP contribution >= 0.6 is 0 Å². The van der Waals surface area contributed by atoms with Crippen molar-refractivity contribution >= 4 is 17.1 Å². The van der Waals surface area contributed by atoms with Gasteiger partial charge in [-0.1, -0.05) is 35.5 Å². The normalized spacial score (nSPS) is 12.4. The van der Waals surface area contributed by atoms with Gasteiger partial charge < -0.3 is 14.3 Å². The van der Waals surface area contributed by atoms with E-state index >= 15 is 0 Å². The minimum absolute atomic E-state index is 0.190. The molecule has 6 nitrogen and oxygen atoms in total. The summed E-state index contributed by atoms with van der Waals surface area (Å²) >= 11 is 0. The van der Waals surface area contributed by atoms with E-state index in [1.54, 1.807) is 0 Å². The maximum atomic E-state index is 5.64. The van der Waals surface area contributed by atoms with Crippen molar-refractivity contribution in [3.05, 3.63) is 60.4 Å². The van der Waals surface area contributed by atoms with Crippen LogP contribution in [0.25, 0.3) is 22.6 Å². The van der Waals surface area contributed by atoms with E-state index in [-0.39, 0.29) is 6.04 Å². The SMILES string of the molecule is CC(Nc1nc2ccccc2o1)c1noc(-c2ccccc2)n1. The van der Waals surface area contributed by atoms with Gasteiger partial charge in [0.15, 0.2) is 11.4 Å². The summed E-state index contributed by atoms with van der Waals surface area (Å²) in [5, 5.41) is 7.17. The van der Waals surface area contributed by atoms with Crippen LogP contribution in [-0.2, 0) is 0 Å². The molecule has 0 aliphatic carbocycles. The molecule has 0 spiro atoms. The van der Waals surface area contributed by atoms with E-state index in [1.165, 1.54) is 0 Å². The lowest BCUT2D eigenvalue weighted by atomic mass is 10.2. The van der Waals surface area contributed by atoms with E-state index in [9.17, 15) is 0 Å². The summed E-state index contributed by atoms with van der Waals surface area (Å²) in [4.78, 5) is 8.80. The highest BCUT2D eigenvalue weighted by Crippen LogP contribution is 2.23. The molecule has 0 saturated heterocycles. The summed E-state index contributed by atoms with van der Waals surface area (Å²) in [6.07, 6.45) is 0. The van der Waals surface area contributed by atoms with Gasteiger partial charge in [-0.3, -0.25) is 0 Å². The fourth-order valence-electron chi connectivity index (χ4n) is 2.29. The Bertz CT molecular complexity index is 897. The number of para-hydroxylation sites is 2. The van der Waals surface area contributed by atoms with Crippen molar-refractivity contribution in [2.24, 2.45) is 0 Å². The van der Waals surface area contributed by atoms with Crippen LogP contribution in [0.4, 0.5) is 6.01 Å². The van der Waals surface area contributed by atoms with Crippen molar-refractivity contribution < 1.29 is 8.94 Å². The molecule has 2 aromatic heterocycles. The van der Waals surface area contributed by atoms with Crippen molar-refractivity contribution in [3.63, 3.8) is 0 Å². The van der Waals surface area contributed by atoms with Crippen molar-refractivity contribution in [3.8, 4) is 11.5 Å². The van der Waals surface area contributed by atoms with E-state index < -0.39 is 0 Å². The average molecular weight is 306 g/mol. The minimum Gasteiger partial charge on any atom is -0.424 e. The van der Waals surface area contributed by atoms with Gasteiger partial charge in [0.25, 0.3) is 11.9 Å². The van der Waals surface area contributed by atoms with Gasteiger partial charge in [0.1, 0.15) is 5.52 Å². The third-order valence-electron chi connectivity index (χ3n) is 3.48. The number of rotatable bonds is 4. The van der Waals surface area contributed by atoms with Crippen LogP contribution in [0.3, 0.4) is 0 Å². The zero-order chi connectivity index (χ0) is 15.6. The van der Waals surface area contributed by atoms with Crippen LogP contribution in [-0.4, -0.2) is 15.1 Å². The molecule has 0 amide bonds. The largest absolute Gasteiger partial charge is 0.424 e. The number of hydrogen-bond donors (Lipinski definition) is 1. The van der Waals surface area contributed by atoms with Gasteiger partial charge in [-0.25, -0.2) is 0 Å². The molecule has 4 rings (SSSR count). The van der Waals surface area contributed by atoms with Gasteiger partial charge in [-0.15, -0.1) is 0 Å². The van der Waals surface area contributed by atoms with Gasteiger partial charge in [0.05, 0.1) is 6.04 Å². The molecule has 23 heavy (non-hydrogen) atoms. The van der Waals surface area contributed by atoms with E-state index in [4.69, 9.17) is 8.94 Å². The molecule has 0 fully saturated rings. The lowest BCUT2D eigenvalue weighted by Crippen LogP contribution is -2.08. The second-order valence-corrected chi connectivity index (χ2v) is 5.18. The van der Waals surface area contributed by atoms with E-state index in [2.05, 4.69) is 20.4 Å². The van der Waals surface area contributed by atoms with E-state index in [0.717, 1.165) is 16.7 Å². The monoisotopic (exact) mass is 306 g/mol. The first-order valence-electron chi connectivity index (χ1n) is 7.31. The molecule has 0 bridgehead atoms. The molecule has 2 aromatic carbocycles. The first kappa shape index (κ1) is 13.5. The number of benzene rings is 2. The van der Waals surface area contributed by atoms with Crippen LogP contribution in [0.5, 0.6) is 0 Å². The number of hydrogen-bond acceptors (Lipinski definition) is 6. The molecule has 1 atom stereocenters. The maximum absolute atomic E-state index is 5.64. The molecule has 0 saturated carbocycles. The molecule has 1 unspecified atom stereocenters. The molecule has 0 radical (unpaired) electrons. The third kappa shape index (κ3) is 2.66. The van der Waals surface area contributed by atoms with Crippen molar-refractivity contribution in [2.75, 3.05) is 5.32 Å². The molecular formula is C17H14N4O2. The highest BCUT2D eigenvalue weighted by atomic mass is 16.5. The Balaban J connectivity index is 1.55. The second kappa shape index (κ2) is 5.57. The molecule has 6 heteroatoms. The van der Waals surface area contributed by atoms with Crippen LogP contribution in [0, 0.1) is 0 Å². The van der Waals surface area contributed by atoms with Gasteiger partial charge in [-0.05, 0) is 31.2 Å². The summed E-state index contributed by atoms with van der Waals surface area (Å²) in [5.41, 5.74) is 2.43. The number of aromatic nitrogens is 3. The van der Waals surface area contributed by atoms with Crippen LogP contribution in [0.1, 0.15) is 18.8 Å². The molecule has 1 N–H and O–H groups in total. The average Bonchev–Trinajstić information content (AvgIpc) is 3.22. The third-order valence-corrected chi connectivity index (χ3v) is 3.48. The zero-order valence-electron chi connectivity index (χ0n) is 12.4. The van der Waals surface area contributed by atoms with E-state index in [0.29, 0.717) is 17.7 Å². The van der Waals surface area contributed by atoms with Crippen molar-refractivity contribution in [1.29, 1.82) is 0 Å². The first-order valence-corrected chi connectivity index (χ1v) is 7.31. The fourth-order valence-corrected chi connectivity index (χ4v) is 2.29. The Morgan fingerprint density at radius 2 is 1.74 bits per heavy atom. The zero-order valence-corrected chi connectivity index (χ0v) is 12.4. The highest BCUT2D eigenvalue weighted by molar-refractivity contribution is 5.74. The number of nitrogens with zero attached hydrogens (tertiary/aromatic N) is 3. The summed E-state index contributed by atoms with van der Waals surface area (Å²) in [5.74, 6) is 1.04. The predicted molar refractivity (Wildman–Crippen MR) is 85.8 cm³/mol. The minimum atomic E-state index is -0.190. The molecular weight excluding hydrogens is 292 g/mol. The maximum Gasteiger partial charge on any atom is 0.296 e. The Morgan fingerprint density at radius 3 is 2.57 bits per heavy atom. The summed E-state index contributed by atoms with van der Waals surface area (Å²) < 4.78 is 11.0. The van der Waals surface area contributed by atoms with Gasteiger partial charge in [0.2, 0.25) is 0 Å². The smallest absolute Gasteiger partial charge is 0.296 e. The molecule has 2 heterocycles. The number of fused-ring (bicyclic) bond motifs is 1. The van der Waals surface area contributed by atoms with Gasteiger partial charge in [0, 0.05) is 5.56 Å². The molecule has 0 aliphatic heterocycles. The Labute approximate surface area is 132 Å². The van der Waals surface area contributed by atoms with Gasteiger partial charge >= 0.3 is 0 Å². The Kier molecular flexibility index (Phi) is 3.27. The quantitative estimate of drug-likeness (QED) is 0.613. The number of anilines is 1. The van der Waals surface area contributed by atoms with Crippen LogP contribution in [0.15, 0.2) is 63.5 Å². The van der Waals surface area contributed by atoms with Crippen molar-refractivity contribution in [1.82, 2.24) is 15.1 Å². The van der Waals surface area contributed by atoms with Crippen LogP contribution in [0.2, 0.25) is 0 Å². The van der Waals surface area contributed by atoms with E-state index in [1.807, 2.05) is 61.5 Å². The number of oxazole rings is 1. The van der Waals surface area contributed by atoms with Crippen LogP contribution < -0.4 is 5.32 Å². The topological polar surface area (TPSA) is 77.0 Å². The second-order valence-electron chi connectivity index (χ2n) is 5.18. The van der Waals surface area contributed by atoms with Crippen molar-refractivity contribution in [2.45, 2.75) is 13.0 Å². The Hall–Kier alpha value is -3.15.